The van der Waals surface area contributed by atoms with E-state index < -0.39 is 0 Å². The molecule has 130 valence electrons. The zero-order valence-electron chi connectivity index (χ0n) is 14.6. The Labute approximate surface area is 146 Å². The topological polar surface area (TPSA) is 68.8 Å². The third-order valence-electron chi connectivity index (χ3n) is 3.89. The van der Waals surface area contributed by atoms with Gasteiger partial charge < -0.3 is 10.1 Å². The average Bonchev–Trinajstić information content (AvgIpc) is 2.62. The number of unbranched alkanes of at least 4 members (excludes halogenated alkanes) is 7. The summed E-state index contributed by atoms with van der Waals surface area (Å²) in [4.78, 5) is 0. The number of ether oxygens (including phenoxy) is 1. The van der Waals surface area contributed by atoms with Gasteiger partial charge in [-0.05, 0) is 63.0 Å². The number of nitriles is 2. The monoisotopic (exact) mass is 327 g/mol. The largest absolute Gasteiger partial charge is 0.494 e. The standard InChI is InChI=1S/C20H29N3O/c21-14-6-4-2-1-3-5-7-15-23-16-8-9-17-24-20-12-10-19(18-22)11-13-20/h10-13,23H,1-9,15-17H2. The van der Waals surface area contributed by atoms with Crippen molar-refractivity contribution in [3.63, 3.8) is 0 Å². The molecule has 0 unspecified atom stereocenters. The Kier molecular flexibility index (Phi) is 12.1. The number of nitrogens with one attached hydrogen (secondary N) is 1. The van der Waals surface area contributed by atoms with Crippen LogP contribution in [0.3, 0.4) is 0 Å². The van der Waals surface area contributed by atoms with Crippen molar-refractivity contribution < 1.29 is 4.74 Å². The quantitative estimate of drug-likeness (QED) is 0.509. The number of rotatable bonds is 14. The Morgan fingerprint density at radius 3 is 2.08 bits per heavy atom. The van der Waals surface area contributed by atoms with Gasteiger partial charge in [-0.25, -0.2) is 0 Å². The summed E-state index contributed by atoms with van der Waals surface area (Å²) < 4.78 is 5.65. The van der Waals surface area contributed by atoms with E-state index in [1.807, 2.05) is 12.1 Å². The molecular formula is C20H29N3O. The molecule has 0 bridgehead atoms. The van der Waals surface area contributed by atoms with Crippen LogP contribution in [-0.4, -0.2) is 19.7 Å². The first-order chi connectivity index (χ1) is 11.9. The molecule has 0 aliphatic rings. The molecule has 0 aromatic heterocycles. The van der Waals surface area contributed by atoms with E-state index in [0.717, 1.165) is 44.7 Å². The number of nitrogens with zero attached hydrogens (tertiary/aromatic N) is 2. The summed E-state index contributed by atoms with van der Waals surface area (Å²) in [5, 5.41) is 20.6. The van der Waals surface area contributed by atoms with Crippen LogP contribution in [-0.2, 0) is 0 Å². The summed E-state index contributed by atoms with van der Waals surface area (Å²) in [6.07, 6.45) is 10.2. The lowest BCUT2D eigenvalue weighted by Gasteiger charge is -2.07. The average molecular weight is 327 g/mol. The van der Waals surface area contributed by atoms with E-state index in [-0.39, 0.29) is 0 Å². The lowest BCUT2D eigenvalue weighted by atomic mass is 10.1. The zero-order valence-corrected chi connectivity index (χ0v) is 14.6. The summed E-state index contributed by atoms with van der Waals surface area (Å²) >= 11 is 0. The Hall–Kier alpha value is -2.04. The molecule has 0 fully saturated rings. The maximum absolute atomic E-state index is 8.73. The Balaban J connectivity index is 1.82. The van der Waals surface area contributed by atoms with Gasteiger partial charge in [-0.1, -0.05) is 25.7 Å². The van der Waals surface area contributed by atoms with E-state index in [0.29, 0.717) is 12.0 Å². The van der Waals surface area contributed by atoms with E-state index in [9.17, 15) is 0 Å². The highest BCUT2D eigenvalue weighted by molar-refractivity contribution is 5.34. The summed E-state index contributed by atoms with van der Waals surface area (Å²) in [5.74, 6) is 0.830. The fraction of sp³-hybridized carbons (Fsp3) is 0.600. The second kappa shape index (κ2) is 14.5. The van der Waals surface area contributed by atoms with E-state index in [2.05, 4.69) is 17.5 Å². The molecule has 1 rings (SSSR count). The SMILES string of the molecule is N#CCCCCCCCCNCCCCOc1ccc(C#N)cc1. The fourth-order valence-electron chi connectivity index (χ4n) is 2.45. The van der Waals surface area contributed by atoms with E-state index >= 15 is 0 Å². The van der Waals surface area contributed by atoms with E-state index in [1.165, 1.54) is 32.1 Å². The summed E-state index contributed by atoms with van der Waals surface area (Å²) in [6, 6.07) is 11.5. The van der Waals surface area contributed by atoms with Crippen LogP contribution in [0.15, 0.2) is 24.3 Å². The molecule has 0 heterocycles. The normalized spacial score (nSPS) is 10.1. The highest BCUT2D eigenvalue weighted by Crippen LogP contribution is 2.11. The molecule has 0 radical (unpaired) electrons. The molecular weight excluding hydrogens is 298 g/mol. The zero-order chi connectivity index (χ0) is 17.3. The van der Waals surface area contributed by atoms with Crippen LogP contribution < -0.4 is 10.1 Å². The molecule has 24 heavy (non-hydrogen) atoms. The van der Waals surface area contributed by atoms with Crippen LogP contribution in [0.25, 0.3) is 0 Å². The smallest absolute Gasteiger partial charge is 0.119 e. The molecule has 0 spiro atoms. The minimum atomic E-state index is 0.661. The number of benzene rings is 1. The Morgan fingerprint density at radius 1 is 0.792 bits per heavy atom. The van der Waals surface area contributed by atoms with Crippen molar-refractivity contribution >= 4 is 0 Å². The van der Waals surface area contributed by atoms with Gasteiger partial charge in [0.15, 0.2) is 0 Å². The molecule has 1 N–H and O–H groups in total. The van der Waals surface area contributed by atoms with Crippen LogP contribution in [0.4, 0.5) is 0 Å². The van der Waals surface area contributed by atoms with Gasteiger partial charge in [0, 0.05) is 6.42 Å². The first kappa shape index (κ1) is 20.0. The second-order valence-electron chi connectivity index (χ2n) is 5.97. The molecule has 0 aliphatic carbocycles. The van der Waals surface area contributed by atoms with Crippen molar-refractivity contribution in [2.75, 3.05) is 19.7 Å². The fourth-order valence-corrected chi connectivity index (χ4v) is 2.45. The van der Waals surface area contributed by atoms with Gasteiger partial charge in [-0.3, -0.25) is 0 Å². The summed E-state index contributed by atoms with van der Waals surface area (Å²) in [6.45, 7) is 2.85. The third kappa shape index (κ3) is 10.6. The van der Waals surface area contributed by atoms with Gasteiger partial charge in [-0.2, -0.15) is 10.5 Å². The summed E-state index contributed by atoms with van der Waals surface area (Å²) in [5.41, 5.74) is 0.661. The molecule has 0 amide bonds. The highest BCUT2D eigenvalue weighted by Gasteiger charge is 1.96. The third-order valence-corrected chi connectivity index (χ3v) is 3.89. The number of hydrogen-bond donors (Lipinski definition) is 1. The van der Waals surface area contributed by atoms with Crippen LogP contribution in [0.1, 0.15) is 63.4 Å². The van der Waals surface area contributed by atoms with E-state index in [1.54, 1.807) is 12.1 Å². The van der Waals surface area contributed by atoms with Crippen LogP contribution in [0, 0.1) is 22.7 Å². The van der Waals surface area contributed by atoms with Gasteiger partial charge in [-0.15, -0.1) is 0 Å². The van der Waals surface area contributed by atoms with Crippen LogP contribution >= 0.6 is 0 Å². The molecule has 1 aromatic carbocycles. The number of hydrogen-bond acceptors (Lipinski definition) is 4. The molecule has 0 aliphatic heterocycles. The molecule has 0 saturated heterocycles. The lowest BCUT2D eigenvalue weighted by molar-refractivity contribution is 0.305. The van der Waals surface area contributed by atoms with Crippen molar-refractivity contribution in [2.45, 2.75) is 57.8 Å². The predicted molar refractivity (Wildman–Crippen MR) is 96.7 cm³/mol. The Bertz CT molecular complexity index is 499. The first-order valence-corrected chi connectivity index (χ1v) is 9.07. The van der Waals surface area contributed by atoms with Crippen molar-refractivity contribution in [3.8, 4) is 17.9 Å². The van der Waals surface area contributed by atoms with Gasteiger partial charge in [0.1, 0.15) is 5.75 Å². The van der Waals surface area contributed by atoms with E-state index in [4.69, 9.17) is 15.3 Å². The lowest BCUT2D eigenvalue weighted by Crippen LogP contribution is -2.17. The van der Waals surface area contributed by atoms with Crippen LogP contribution in [0.2, 0.25) is 0 Å². The summed E-state index contributed by atoms with van der Waals surface area (Å²) in [7, 11) is 0. The van der Waals surface area contributed by atoms with Gasteiger partial charge in [0.05, 0.1) is 24.3 Å². The Morgan fingerprint density at radius 2 is 1.42 bits per heavy atom. The van der Waals surface area contributed by atoms with Crippen molar-refractivity contribution in [1.82, 2.24) is 5.32 Å². The van der Waals surface area contributed by atoms with Crippen molar-refractivity contribution in [2.24, 2.45) is 0 Å². The maximum atomic E-state index is 8.73. The van der Waals surface area contributed by atoms with Crippen molar-refractivity contribution in [3.05, 3.63) is 29.8 Å². The van der Waals surface area contributed by atoms with Gasteiger partial charge in [0.25, 0.3) is 0 Å². The molecule has 1 aromatic rings. The predicted octanol–water partition coefficient (Wildman–Crippen LogP) is 4.56. The molecule has 4 nitrogen and oxygen atoms in total. The molecule has 0 saturated carbocycles. The first-order valence-electron chi connectivity index (χ1n) is 9.07. The molecule has 0 atom stereocenters. The van der Waals surface area contributed by atoms with Gasteiger partial charge in [0.2, 0.25) is 0 Å². The van der Waals surface area contributed by atoms with Crippen LogP contribution in [0.5, 0.6) is 5.75 Å². The minimum absolute atomic E-state index is 0.661. The van der Waals surface area contributed by atoms with Gasteiger partial charge >= 0.3 is 0 Å². The maximum Gasteiger partial charge on any atom is 0.119 e. The second-order valence-corrected chi connectivity index (χ2v) is 5.97. The minimum Gasteiger partial charge on any atom is -0.494 e. The highest BCUT2D eigenvalue weighted by atomic mass is 16.5. The van der Waals surface area contributed by atoms with Crippen molar-refractivity contribution in [1.29, 1.82) is 10.5 Å². The molecule has 4 heteroatoms.